The molecule has 1 aliphatic carbocycles. The Morgan fingerprint density at radius 1 is 1.04 bits per heavy atom. The molecule has 0 aromatic heterocycles. The first-order valence-electron chi connectivity index (χ1n) is 16.9. The first kappa shape index (κ1) is 35.7. The van der Waals surface area contributed by atoms with Crippen LogP contribution in [0.25, 0.3) is 0 Å². The predicted molar refractivity (Wildman–Crippen MR) is 185 cm³/mol. The molecule has 4 rings (SSSR count). The van der Waals surface area contributed by atoms with Crippen LogP contribution < -0.4 is 20.7 Å². The summed E-state index contributed by atoms with van der Waals surface area (Å²) in [5.74, 6) is -0.00805. The molecule has 0 bridgehead atoms. The summed E-state index contributed by atoms with van der Waals surface area (Å²) in [6.07, 6.45) is 9.97. The molecule has 9 nitrogen and oxygen atoms in total. The van der Waals surface area contributed by atoms with E-state index in [4.69, 9.17) is 4.74 Å². The molecule has 5 atom stereocenters. The summed E-state index contributed by atoms with van der Waals surface area (Å²) in [7, 11) is 0. The van der Waals surface area contributed by atoms with Gasteiger partial charge in [-0.25, -0.2) is 4.79 Å². The predicted octanol–water partition coefficient (Wildman–Crippen LogP) is 5.00. The van der Waals surface area contributed by atoms with Gasteiger partial charge < -0.3 is 30.7 Å². The van der Waals surface area contributed by atoms with E-state index in [0.717, 1.165) is 29.5 Å². The maximum atomic E-state index is 13.9. The van der Waals surface area contributed by atoms with Crippen LogP contribution in [0, 0.1) is 25.2 Å². The van der Waals surface area contributed by atoms with Crippen LogP contribution in [0.1, 0.15) is 63.1 Å². The quantitative estimate of drug-likeness (QED) is 0.218. The highest BCUT2D eigenvalue weighted by atomic mass is 16.5. The van der Waals surface area contributed by atoms with E-state index >= 15 is 0 Å². The Labute approximate surface area is 279 Å². The SMILES string of the molecule is Cc1cccc(C)c1OCC(=O)N[C@@H](C[C@]1(C)C=CC=CC1)[C@@H](O)C[C@H](Cc1ccccc1)NC(=O)[C@H](C(C)C)N1CCCNC1=O. The van der Waals surface area contributed by atoms with Crippen molar-refractivity contribution in [1.82, 2.24) is 20.9 Å². The average molecular weight is 645 g/mol. The van der Waals surface area contributed by atoms with Gasteiger partial charge in [0, 0.05) is 19.1 Å². The van der Waals surface area contributed by atoms with Gasteiger partial charge in [0.05, 0.1) is 12.1 Å². The molecule has 1 aliphatic heterocycles. The minimum absolute atomic E-state index is 0.115. The van der Waals surface area contributed by atoms with Crippen molar-refractivity contribution >= 4 is 17.8 Å². The van der Waals surface area contributed by atoms with Gasteiger partial charge in [0.1, 0.15) is 11.8 Å². The van der Waals surface area contributed by atoms with Crippen molar-refractivity contribution in [2.45, 2.75) is 91.0 Å². The van der Waals surface area contributed by atoms with Gasteiger partial charge in [-0.1, -0.05) is 93.6 Å². The van der Waals surface area contributed by atoms with Crippen molar-refractivity contribution in [3.8, 4) is 5.75 Å². The monoisotopic (exact) mass is 644 g/mol. The number of amides is 4. The summed E-state index contributed by atoms with van der Waals surface area (Å²) < 4.78 is 5.94. The number of ether oxygens (including phenoxy) is 1. The molecule has 2 aliphatic rings. The number of hydrogen-bond acceptors (Lipinski definition) is 5. The van der Waals surface area contributed by atoms with Gasteiger partial charge in [-0.05, 0) is 74.0 Å². The van der Waals surface area contributed by atoms with E-state index < -0.39 is 24.2 Å². The molecular weight excluding hydrogens is 592 g/mol. The second-order valence-electron chi connectivity index (χ2n) is 13.7. The number of rotatable bonds is 15. The van der Waals surface area contributed by atoms with Crippen molar-refractivity contribution in [1.29, 1.82) is 0 Å². The normalized spacial score (nSPS) is 20.2. The van der Waals surface area contributed by atoms with Crippen molar-refractivity contribution < 1.29 is 24.2 Å². The van der Waals surface area contributed by atoms with E-state index in [-0.39, 0.29) is 42.2 Å². The molecule has 0 spiro atoms. The largest absolute Gasteiger partial charge is 0.483 e. The Hall–Kier alpha value is -4.11. The molecular formula is C38H52N4O5. The molecule has 0 unspecified atom stereocenters. The number of aliphatic hydroxyl groups is 1. The fourth-order valence-electron chi connectivity index (χ4n) is 6.67. The lowest BCUT2D eigenvalue weighted by Crippen LogP contribution is -2.59. The molecule has 1 fully saturated rings. The number of carbonyl (C=O) groups excluding carboxylic acids is 3. The Balaban J connectivity index is 1.53. The van der Waals surface area contributed by atoms with Crippen LogP contribution in [0.3, 0.4) is 0 Å². The maximum Gasteiger partial charge on any atom is 0.318 e. The van der Waals surface area contributed by atoms with E-state index in [0.29, 0.717) is 31.7 Å². The molecule has 1 heterocycles. The third kappa shape index (κ3) is 10.2. The molecule has 4 amide bonds. The minimum atomic E-state index is -0.972. The highest BCUT2D eigenvalue weighted by molar-refractivity contribution is 5.87. The first-order chi connectivity index (χ1) is 22.5. The van der Waals surface area contributed by atoms with Gasteiger partial charge in [-0.3, -0.25) is 9.59 Å². The van der Waals surface area contributed by atoms with E-state index in [9.17, 15) is 19.5 Å². The van der Waals surface area contributed by atoms with Gasteiger partial charge in [0.2, 0.25) is 5.91 Å². The molecule has 0 radical (unpaired) electrons. The Morgan fingerprint density at radius 2 is 1.77 bits per heavy atom. The number of aliphatic hydroxyl groups excluding tert-OH is 1. The van der Waals surface area contributed by atoms with Crippen LogP contribution in [-0.4, -0.2) is 71.8 Å². The highest BCUT2D eigenvalue weighted by Gasteiger charge is 2.36. The number of hydrogen-bond donors (Lipinski definition) is 4. The van der Waals surface area contributed by atoms with Crippen molar-refractivity contribution in [3.63, 3.8) is 0 Å². The minimum Gasteiger partial charge on any atom is -0.483 e. The van der Waals surface area contributed by atoms with Gasteiger partial charge in [0.15, 0.2) is 6.61 Å². The Kier molecular flexibility index (Phi) is 12.6. The van der Waals surface area contributed by atoms with E-state index in [1.807, 2.05) is 88.4 Å². The lowest BCUT2D eigenvalue weighted by atomic mass is 9.76. The molecule has 47 heavy (non-hydrogen) atoms. The van der Waals surface area contributed by atoms with Crippen molar-refractivity contribution in [2.24, 2.45) is 11.3 Å². The number of carbonyl (C=O) groups is 3. The summed E-state index contributed by atoms with van der Waals surface area (Å²) >= 11 is 0. The van der Waals surface area contributed by atoms with Crippen molar-refractivity contribution in [2.75, 3.05) is 19.7 Å². The van der Waals surface area contributed by atoms with Gasteiger partial charge in [-0.15, -0.1) is 0 Å². The second-order valence-corrected chi connectivity index (χ2v) is 13.7. The lowest BCUT2D eigenvalue weighted by molar-refractivity contribution is -0.128. The summed E-state index contributed by atoms with van der Waals surface area (Å²) in [6.45, 7) is 10.8. The Bertz CT molecular complexity index is 1400. The fourth-order valence-corrected chi connectivity index (χ4v) is 6.67. The number of aryl methyl sites for hydroxylation is 2. The summed E-state index contributed by atoms with van der Waals surface area (Å²) in [6, 6.07) is 13.7. The fraction of sp³-hybridized carbons (Fsp3) is 0.500. The second kappa shape index (κ2) is 16.6. The average Bonchev–Trinajstić information content (AvgIpc) is 3.02. The smallest absolute Gasteiger partial charge is 0.318 e. The van der Waals surface area contributed by atoms with Crippen LogP contribution in [0.15, 0.2) is 72.8 Å². The Morgan fingerprint density at radius 3 is 2.40 bits per heavy atom. The molecule has 9 heteroatoms. The summed E-state index contributed by atoms with van der Waals surface area (Å²) in [5.41, 5.74) is 2.63. The van der Waals surface area contributed by atoms with E-state index in [1.165, 1.54) is 0 Å². The number of urea groups is 1. The van der Waals surface area contributed by atoms with Gasteiger partial charge in [0.25, 0.3) is 5.91 Å². The van der Waals surface area contributed by atoms with Crippen LogP contribution in [0.5, 0.6) is 5.75 Å². The highest BCUT2D eigenvalue weighted by Crippen LogP contribution is 2.34. The molecule has 0 saturated carbocycles. The maximum absolute atomic E-state index is 13.9. The number of nitrogens with zero attached hydrogens (tertiary/aromatic N) is 1. The lowest BCUT2D eigenvalue weighted by Gasteiger charge is -2.38. The van der Waals surface area contributed by atoms with Crippen molar-refractivity contribution in [3.05, 3.63) is 89.5 Å². The van der Waals surface area contributed by atoms with Gasteiger partial charge >= 0.3 is 6.03 Å². The topological polar surface area (TPSA) is 120 Å². The van der Waals surface area contributed by atoms with Crippen LogP contribution >= 0.6 is 0 Å². The summed E-state index contributed by atoms with van der Waals surface area (Å²) in [5, 5.41) is 21.0. The number of nitrogens with one attached hydrogen (secondary N) is 3. The zero-order valence-corrected chi connectivity index (χ0v) is 28.5. The van der Waals surface area contributed by atoms with Crippen LogP contribution in [0.2, 0.25) is 0 Å². The van der Waals surface area contributed by atoms with E-state index in [2.05, 4.69) is 35.0 Å². The molecule has 2 aromatic rings. The molecule has 2 aromatic carbocycles. The van der Waals surface area contributed by atoms with Crippen LogP contribution in [-0.2, 0) is 16.0 Å². The first-order valence-corrected chi connectivity index (χ1v) is 16.9. The molecule has 1 saturated heterocycles. The van der Waals surface area contributed by atoms with Crippen LogP contribution in [0.4, 0.5) is 4.79 Å². The third-order valence-corrected chi connectivity index (χ3v) is 9.13. The summed E-state index contributed by atoms with van der Waals surface area (Å²) in [4.78, 5) is 41.6. The zero-order chi connectivity index (χ0) is 34.0. The third-order valence-electron chi connectivity index (χ3n) is 9.13. The van der Waals surface area contributed by atoms with Gasteiger partial charge in [-0.2, -0.15) is 0 Å². The molecule has 254 valence electrons. The number of benzene rings is 2. The zero-order valence-electron chi connectivity index (χ0n) is 28.5. The molecule has 4 N–H and O–H groups in total. The number of para-hydroxylation sites is 1. The van der Waals surface area contributed by atoms with E-state index in [1.54, 1.807) is 4.90 Å². The number of allylic oxidation sites excluding steroid dienone is 4. The standard InChI is InChI=1S/C38H52N4O5/c1-26(2)34(42-21-13-20-39-37(42)46)36(45)40-30(22-29-16-8-6-9-17-29)23-32(43)31(24-38(5)18-10-7-11-19-38)41-33(44)25-47-35-27(3)14-12-15-28(35)4/h6-12,14-18,26,30-32,34,43H,13,19-25H2,1-5H3,(H,39,46)(H,40,45)(H,41,44)/t30-,31-,32-,34-,38+/m0/s1.